The van der Waals surface area contributed by atoms with Crippen LogP contribution in [0.5, 0.6) is 0 Å². The summed E-state index contributed by atoms with van der Waals surface area (Å²) in [4.78, 5) is -0.371. The average Bonchev–Trinajstić information content (AvgIpc) is 2.28. The van der Waals surface area contributed by atoms with Crippen LogP contribution in [0.1, 0.15) is 0 Å². The van der Waals surface area contributed by atoms with E-state index < -0.39 is 20.0 Å². The van der Waals surface area contributed by atoms with Crippen molar-refractivity contribution in [1.82, 2.24) is 10.0 Å². The molecule has 0 heterocycles. The number of sulfonamides is 2. The highest BCUT2D eigenvalue weighted by molar-refractivity contribution is 7.90. The molecule has 18 heavy (non-hydrogen) atoms. The summed E-state index contributed by atoms with van der Waals surface area (Å²) in [6.45, 7) is 0.673. The number of rotatable bonds is 6. The van der Waals surface area contributed by atoms with Crippen LogP contribution in [0.2, 0.25) is 0 Å². The fourth-order valence-corrected chi connectivity index (χ4v) is 2.92. The highest BCUT2D eigenvalue weighted by Crippen LogP contribution is 2.14. The average molecular weight is 293 g/mol. The lowest BCUT2D eigenvalue weighted by Gasteiger charge is -2.07. The molecule has 0 saturated heterocycles. The number of nitrogens with one attached hydrogen (secondary N) is 2. The van der Waals surface area contributed by atoms with Crippen LogP contribution in [-0.4, -0.2) is 37.0 Å². The second-order valence-electron chi connectivity index (χ2n) is 3.52. The van der Waals surface area contributed by atoms with Crippen LogP contribution >= 0.6 is 0 Å². The molecule has 1 rings (SSSR count). The molecular weight excluding hydrogens is 278 g/mol. The maximum atomic E-state index is 11.8. The molecule has 4 N–H and O–H groups in total. The third-order valence-electron chi connectivity index (χ3n) is 2.11. The molecular formula is C9H15N3O4S2. The topological polar surface area (TPSA) is 118 Å². The molecule has 0 spiro atoms. The second-order valence-corrected chi connectivity index (χ2v) is 6.85. The summed E-state index contributed by atoms with van der Waals surface area (Å²) >= 11 is 0. The molecule has 0 aliphatic heterocycles. The van der Waals surface area contributed by atoms with Gasteiger partial charge in [0.2, 0.25) is 20.0 Å². The van der Waals surface area contributed by atoms with Crippen LogP contribution in [0.4, 0.5) is 0 Å². The molecule has 0 aliphatic rings. The van der Waals surface area contributed by atoms with Gasteiger partial charge >= 0.3 is 0 Å². The molecule has 1 aromatic rings. The van der Waals surface area contributed by atoms with E-state index in [4.69, 9.17) is 5.14 Å². The van der Waals surface area contributed by atoms with E-state index in [1.165, 1.54) is 18.2 Å². The molecule has 0 aliphatic carbocycles. The van der Waals surface area contributed by atoms with Crippen LogP contribution < -0.4 is 15.2 Å². The predicted molar refractivity (Wildman–Crippen MR) is 66.9 cm³/mol. The zero-order valence-electron chi connectivity index (χ0n) is 9.75. The van der Waals surface area contributed by atoms with E-state index >= 15 is 0 Å². The first-order valence-corrected chi connectivity index (χ1v) is 8.07. The van der Waals surface area contributed by atoms with Crippen molar-refractivity contribution >= 4 is 20.0 Å². The largest absolute Gasteiger partial charge is 0.318 e. The summed E-state index contributed by atoms with van der Waals surface area (Å²) in [6.07, 6.45) is 0. The molecule has 0 fully saturated rings. The number of nitrogens with two attached hydrogens (primary N) is 1. The quantitative estimate of drug-likeness (QED) is 0.571. The molecule has 7 nitrogen and oxygen atoms in total. The highest BCUT2D eigenvalue weighted by atomic mass is 32.2. The van der Waals surface area contributed by atoms with Crippen LogP contribution in [0.25, 0.3) is 0 Å². The lowest BCUT2D eigenvalue weighted by molar-refractivity contribution is 0.579. The first-order chi connectivity index (χ1) is 8.27. The van der Waals surface area contributed by atoms with Gasteiger partial charge in [0.1, 0.15) is 0 Å². The number of hydrogen-bond acceptors (Lipinski definition) is 5. The van der Waals surface area contributed by atoms with Gasteiger partial charge in [-0.3, -0.25) is 0 Å². The van der Waals surface area contributed by atoms with Crippen molar-refractivity contribution in [2.45, 2.75) is 9.79 Å². The van der Waals surface area contributed by atoms with Crippen LogP contribution in [-0.2, 0) is 20.0 Å². The molecule has 0 unspecified atom stereocenters. The lowest BCUT2D eigenvalue weighted by Crippen LogP contribution is -2.30. The summed E-state index contributed by atoms with van der Waals surface area (Å²) in [5.41, 5.74) is 0. The van der Waals surface area contributed by atoms with Crippen molar-refractivity contribution in [2.24, 2.45) is 5.14 Å². The van der Waals surface area contributed by atoms with Gasteiger partial charge < -0.3 is 5.32 Å². The van der Waals surface area contributed by atoms with Gasteiger partial charge in [-0.1, -0.05) is 6.07 Å². The monoisotopic (exact) mass is 293 g/mol. The van der Waals surface area contributed by atoms with Gasteiger partial charge in [-0.25, -0.2) is 26.7 Å². The number of likely N-dealkylation sites (N-methyl/N-ethyl adjacent to an activating group) is 1. The summed E-state index contributed by atoms with van der Waals surface area (Å²) < 4.78 is 48.2. The Morgan fingerprint density at radius 1 is 1.11 bits per heavy atom. The number of benzene rings is 1. The van der Waals surface area contributed by atoms with Gasteiger partial charge in [-0.05, 0) is 25.2 Å². The highest BCUT2D eigenvalue weighted by Gasteiger charge is 2.16. The Kier molecular flexibility index (Phi) is 4.82. The lowest BCUT2D eigenvalue weighted by atomic mass is 10.4. The van der Waals surface area contributed by atoms with Gasteiger partial charge in [0.25, 0.3) is 0 Å². The van der Waals surface area contributed by atoms with E-state index in [9.17, 15) is 16.8 Å². The summed E-state index contributed by atoms with van der Waals surface area (Å²) in [7, 11) is -5.95. The molecule has 0 atom stereocenters. The van der Waals surface area contributed by atoms with Gasteiger partial charge in [0.15, 0.2) is 0 Å². The molecule has 0 amide bonds. The Hall–Kier alpha value is -1.00. The van der Waals surface area contributed by atoms with Crippen molar-refractivity contribution in [3.05, 3.63) is 24.3 Å². The maximum absolute atomic E-state index is 11.8. The SMILES string of the molecule is CNCCNS(=O)(=O)c1cccc(S(N)(=O)=O)c1. The first kappa shape index (κ1) is 15.1. The third-order valence-corrected chi connectivity index (χ3v) is 4.48. The fraction of sp³-hybridized carbons (Fsp3) is 0.333. The van der Waals surface area contributed by atoms with E-state index in [1.54, 1.807) is 7.05 Å². The normalized spacial score (nSPS) is 12.6. The Morgan fingerprint density at radius 2 is 1.72 bits per heavy atom. The third kappa shape index (κ3) is 4.03. The Morgan fingerprint density at radius 3 is 2.28 bits per heavy atom. The van der Waals surface area contributed by atoms with E-state index in [0.717, 1.165) is 6.07 Å². The van der Waals surface area contributed by atoms with Gasteiger partial charge in [-0.2, -0.15) is 0 Å². The molecule has 0 saturated carbocycles. The van der Waals surface area contributed by atoms with E-state index in [-0.39, 0.29) is 16.3 Å². The van der Waals surface area contributed by atoms with Crippen molar-refractivity contribution in [1.29, 1.82) is 0 Å². The Bertz CT molecular complexity index is 610. The second kappa shape index (κ2) is 5.76. The summed E-state index contributed by atoms with van der Waals surface area (Å²) in [5, 5.41) is 7.72. The minimum Gasteiger partial charge on any atom is -0.318 e. The molecule has 102 valence electrons. The minimum absolute atomic E-state index is 0.134. The zero-order valence-corrected chi connectivity index (χ0v) is 11.4. The maximum Gasteiger partial charge on any atom is 0.240 e. The molecule has 0 radical (unpaired) electrons. The van der Waals surface area contributed by atoms with Gasteiger partial charge in [-0.15, -0.1) is 0 Å². The van der Waals surface area contributed by atoms with Crippen LogP contribution in [0.3, 0.4) is 0 Å². The van der Waals surface area contributed by atoms with E-state index in [2.05, 4.69) is 10.0 Å². The summed E-state index contributed by atoms with van der Waals surface area (Å²) in [5.74, 6) is 0. The van der Waals surface area contributed by atoms with Crippen LogP contribution in [0, 0.1) is 0 Å². The molecule has 9 heteroatoms. The Labute approximate surface area is 106 Å². The van der Waals surface area contributed by atoms with Crippen molar-refractivity contribution in [3.63, 3.8) is 0 Å². The molecule has 0 aromatic heterocycles. The van der Waals surface area contributed by atoms with E-state index in [0.29, 0.717) is 6.54 Å². The van der Waals surface area contributed by atoms with Gasteiger partial charge in [0.05, 0.1) is 9.79 Å². The Balaban J connectivity index is 3.03. The number of hydrogen-bond donors (Lipinski definition) is 3. The van der Waals surface area contributed by atoms with Crippen LogP contribution in [0.15, 0.2) is 34.1 Å². The van der Waals surface area contributed by atoms with Crippen molar-refractivity contribution in [2.75, 3.05) is 20.1 Å². The van der Waals surface area contributed by atoms with E-state index in [1.807, 2.05) is 0 Å². The zero-order chi connectivity index (χ0) is 13.8. The van der Waals surface area contributed by atoms with Crippen molar-refractivity contribution < 1.29 is 16.8 Å². The fourth-order valence-electron chi connectivity index (χ4n) is 1.21. The first-order valence-electron chi connectivity index (χ1n) is 5.04. The number of primary sulfonamides is 1. The van der Waals surface area contributed by atoms with Gasteiger partial charge in [0, 0.05) is 13.1 Å². The standard InChI is InChI=1S/C9H15N3O4S2/c1-11-5-6-12-18(15,16)9-4-2-3-8(7-9)17(10,13)14/h2-4,7,11-12H,5-6H2,1H3,(H2,10,13,14). The smallest absolute Gasteiger partial charge is 0.240 e. The van der Waals surface area contributed by atoms with Crippen molar-refractivity contribution in [3.8, 4) is 0 Å². The molecule has 1 aromatic carbocycles. The minimum atomic E-state index is -3.92. The summed E-state index contributed by atoms with van der Waals surface area (Å²) in [6, 6.07) is 4.89. The predicted octanol–water partition coefficient (Wildman–Crippen LogP) is -1.17. The molecule has 0 bridgehead atoms.